The summed E-state index contributed by atoms with van der Waals surface area (Å²) in [5.41, 5.74) is 3.20. The lowest BCUT2D eigenvalue weighted by Crippen LogP contribution is -2.16. The van der Waals surface area contributed by atoms with E-state index in [0.717, 1.165) is 35.7 Å². The molecule has 0 saturated heterocycles. The first-order valence-corrected chi connectivity index (χ1v) is 7.28. The maximum atomic E-state index is 4.55. The number of aromatic nitrogens is 6. The van der Waals surface area contributed by atoms with Crippen molar-refractivity contribution in [2.75, 3.05) is 0 Å². The number of hydrogen-bond donors (Lipinski definition) is 1. The van der Waals surface area contributed by atoms with Crippen molar-refractivity contribution in [3.8, 4) is 11.3 Å². The Morgan fingerprint density at radius 3 is 2.77 bits per heavy atom. The maximum Gasteiger partial charge on any atom is 0.146 e. The second kappa shape index (κ2) is 6.48. The minimum absolute atomic E-state index is 0.679. The van der Waals surface area contributed by atoms with Crippen LogP contribution in [0.3, 0.4) is 0 Å². The number of hydrogen-bond acceptors (Lipinski definition) is 5. The van der Waals surface area contributed by atoms with Gasteiger partial charge in [-0.25, -0.2) is 0 Å². The molecular weight excluding hydrogens is 278 g/mol. The van der Waals surface area contributed by atoms with E-state index in [2.05, 4.69) is 32.5 Å². The van der Waals surface area contributed by atoms with Crippen molar-refractivity contribution in [3.05, 3.63) is 48.4 Å². The quantitative estimate of drug-likeness (QED) is 0.744. The summed E-state index contributed by atoms with van der Waals surface area (Å²) in [6, 6.07) is 3.94. The van der Waals surface area contributed by atoms with Gasteiger partial charge in [-0.2, -0.15) is 5.10 Å². The van der Waals surface area contributed by atoms with Crippen molar-refractivity contribution in [3.63, 3.8) is 0 Å². The van der Waals surface area contributed by atoms with Crippen LogP contribution in [-0.2, 0) is 26.7 Å². The summed E-state index contributed by atoms with van der Waals surface area (Å²) in [5.74, 6) is 0.942. The van der Waals surface area contributed by atoms with Gasteiger partial charge in [0.15, 0.2) is 0 Å². The van der Waals surface area contributed by atoms with E-state index in [1.165, 1.54) is 0 Å². The Hall–Kier alpha value is -2.54. The summed E-state index contributed by atoms with van der Waals surface area (Å²) in [7, 11) is 1.93. The Morgan fingerprint density at radius 2 is 2.00 bits per heavy atom. The first-order valence-electron chi connectivity index (χ1n) is 7.28. The van der Waals surface area contributed by atoms with Gasteiger partial charge >= 0.3 is 0 Å². The number of pyridine rings is 1. The van der Waals surface area contributed by atoms with E-state index >= 15 is 0 Å². The Morgan fingerprint density at radius 1 is 1.18 bits per heavy atom. The smallest absolute Gasteiger partial charge is 0.146 e. The average Bonchev–Trinajstić information content (AvgIpc) is 3.14. The van der Waals surface area contributed by atoms with Crippen molar-refractivity contribution < 1.29 is 0 Å². The van der Waals surface area contributed by atoms with Crippen molar-refractivity contribution in [2.24, 2.45) is 7.05 Å². The minimum atomic E-state index is 0.679. The average molecular weight is 297 g/mol. The van der Waals surface area contributed by atoms with Gasteiger partial charge in [0.2, 0.25) is 0 Å². The molecule has 0 aliphatic rings. The molecular formula is C15H19N7. The van der Waals surface area contributed by atoms with E-state index in [-0.39, 0.29) is 0 Å². The van der Waals surface area contributed by atoms with E-state index in [4.69, 9.17) is 0 Å². The standard InChI is InChI=1S/C15H19N7/c1-3-22-11-18-19-14(22)9-17-8-13-10-21(2)20-15(13)12-4-6-16-7-5-12/h4-7,10-11,17H,3,8-9H2,1-2H3. The third-order valence-electron chi connectivity index (χ3n) is 3.49. The molecule has 3 rings (SSSR count). The molecule has 0 bridgehead atoms. The van der Waals surface area contributed by atoms with Gasteiger partial charge in [0.05, 0.1) is 12.2 Å². The molecule has 0 radical (unpaired) electrons. The lowest BCUT2D eigenvalue weighted by Gasteiger charge is -2.06. The zero-order valence-corrected chi connectivity index (χ0v) is 12.8. The van der Waals surface area contributed by atoms with Gasteiger partial charge in [-0.1, -0.05) is 0 Å². The third kappa shape index (κ3) is 3.04. The van der Waals surface area contributed by atoms with Crippen molar-refractivity contribution in [1.29, 1.82) is 0 Å². The van der Waals surface area contributed by atoms with E-state index in [1.54, 1.807) is 18.7 Å². The highest BCUT2D eigenvalue weighted by Gasteiger charge is 2.10. The summed E-state index contributed by atoms with van der Waals surface area (Å²) in [5, 5.41) is 16.0. The van der Waals surface area contributed by atoms with E-state index in [1.807, 2.05) is 34.6 Å². The number of rotatable bonds is 6. The highest BCUT2D eigenvalue weighted by atomic mass is 15.3. The van der Waals surface area contributed by atoms with Gasteiger partial charge < -0.3 is 9.88 Å². The first kappa shape index (κ1) is 14.4. The molecule has 0 spiro atoms. The van der Waals surface area contributed by atoms with Crippen molar-refractivity contribution >= 4 is 0 Å². The normalized spacial score (nSPS) is 11.0. The number of nitrogens with one attached hydrogen (secondary N) is 1. The SMILES string of the molecule is CCn1cnnc1CNCc1cn(C)nc1-c1ccncc1. The largest absolute Gasteiger partial charge is 0.317 e. The number of aryl methyl sites for hydroxylation is 2. The molecule has 7 heteroatoms. The molecule has 0 aliphatic heterocycles. The van der Waals surface area contributed by atoms with Crippen LogP contribution in [0.25, 0.3) is 11.3 Å². The van der Waals surface area contributed by atoms with E-state index in [0.29, 0.717) is 6.54 Å². The first-order chi connectivity index (χ1) is 10.8. The number of nitrogens with zero attached hydrogens (tertiary/aromatic N) is 6. The van der Waals surface area contributed by atoms with Gasteiger partial charge in [0, 0.05) is 49.9 Å². The third-order valence-corrected chi connectivity index (χ3v) is 3.49. The van der Waals surface area contributed by atoms with E-state index in [9.17, 15) is 0 Å². The van der Waals surface area contributed by atoms with Gasteiger partial charge in [-0.15, -0.1) is 10.2 Å². The Bertz CT molecular complexity index is 729. The van der Waals surface area contributed by atoms with Crippen LogP contribution in [0.1, 0.15) is 18.3 Å². The minimum Gasteiger partial charge on any atom is -0.317 e. The molecule has 0 aromatic carbocycles. The van der Waals surface area contributed by atoms with Crippen LogP contribution >= 0.6 is 0 Å². The second-order valence-electron chi connectivity index (χ2n) is 5.05. The van der Waals surface area contributed by atoms with E-state index < -0.39 is 0 Å². The van der Waals surface area contributed by atoms with Crippen LogP contribution in [0.2, 0.25) is 0 Å². The molecule has 1 N–H and O–H groups in total. The van der Waals surface area contributed by atoms with Crippen LogP contribution < -0.4 is 5.32 Å². The maximum absolute atomic E-state index is 4.55. The lowest BCUT2D eigenvalue weighted by atomic mass is 10.1. The molecule has 114 valence electrons. The fraction of sp³-hybridized carbons (Fsp3) is 0.333. The molecule has 7 nitrogen and oxygen atoms in total. The van der Waals surface area contributed by atoms with Crippen LogP contribution in [0.4, 0.5) is 0 Å². The molecule has 0 saturated carbocycles. The summed E-state index contributed by atoms with van der Waals surface area (Å²) >= 11 is 0. The fourth-order valence-electron chi connectivity index (χ4n) is 2.41. The lowest BCUT2D eigenvalue weighted by molar-refractivity contribution is 0.612. The van der Waals surface area contributed by atoms with Crippen molar-refractivity contribution in [1.82, 2.24) is 34.8 Å². The summed E-state index contributed by atoms with van der Waals surface area (Å²) < 4.78 is 3.86. The zero-order chi connectivity index (χ0) is 15.4. The molecule has 0 unspecified atom stereocenters. The van der Waals surface area contributed by atoms with Crippen LogP contribution in [-0.4, -0.2) is 29.5 Å². The Balaban J connectivity index is 1.71. The summed E-state index contributed by atoms with van der Waals surface area (Å²) in [4.78, 5) is 4.05. The van der Waals surface area contributed by atoms with Crippen molar-refractivity contribution in [2.45, 2.75) is 26.6 Å². The molecule has 3 aromatic heterocycles. The Labute approximate surface area is 129 Å². The van der Waals surface area contributed by atoms with Gasteiger partial charge in [-0.3, -0.25) is 9.67 Å². The predicted octanol–water partition coefficient (Wildman–Crippen LogP) is 1.38. The predicted molar refractivity (Wildman–Crippen MR) is 82.7 cm³/mol. The fourth-order valence-corrected chi connectivity index (χ4v) is 2.41. The second-order valence-corrected chi connectivity index (χ2v) is 5.05. The molecule has 22 heavy (non-hydrogen) atoms. The van der Waals surface area contributed by atoms with Crippen LogP contribution in [0, 0.1) is 0 Å². The molecule has 0 amide bonds. The molecule has 0 atom stereocenters. The Kier molecular flexibility index (Phi) is 4.24. The molecule has 3 aromatic rings. The summed E-state index contributed by atoms with van der Waals surface area (Å²) in [6.45, 7) is 4.36. The highest BCUT2D eigenvalue weighted by Crippen LogP contribution is 2.20. The topological polar surface area (TPSA) is 73.5 Å². The molecule has 0 fully saturated rings. The van der Waals surface area contributed by atoms with Gasteiger partial charge in [0.1, 0.15) is 12.2 Å². The van der Waals surface area contributed by atoms with Gasteiger partial charge in [0.25, 0.3) is 0 Å². The molecule has 3 heterocycles. The highest BCUT2D eigenvalue weighted by molar-refractivity contribution is 5.61. The molecule has 0 aliphatic carbocycles. The zero-order valence-electron chi connectivity index (χ0n) is 12.8. The van der Waals surface area contributed by atoms with Crippen LogP contribution in [0.5, 0.6) is 0 Å². The van der Waals surface area contributed by atoms with Gasteiger partial charge in [-0.05, 0) is 19.1 Å². The monoisotopic (exact) mass is 297 g/mol. The summed E-state index contributed by atoms with van der Waals surface area (Å²) in [6.07, 6.45) is 7.35. The van der Waals surface area contributed by atoms with Crippen LogP contribution in [0.15, 0.2) is 37.1 Å².